The summed E-state index contributed by atoms with van der Waals surface area (Å²) in [7, 11) is -2.47. The molecular formula is C25H35N3O4S. The van der Waals surface area contributed by atoms with Gasteiger partial charge in [0.05, 0.1) is 11.4 Å². The standard InChI is InChI=1S/C25H35N3O4S/c1-18(2)15-26-25(30)21(5)28(16-22-11-7-19(3)8-12-22)24(29)17-27(6)33(31,32)23-13-9-20(4)10-14-23/h7-14,18,21H,15-17H2,1-6H3,(H,26,30). The van der Waals surface area contributed by atoms with Crippen LogP contribution in [-0.4, -0.2) is 55.6 Å². The van der Waals surface area contributed by atoms with E-state index in [0.29, 0.717) is 6.54 Å². The zero-order chi connectivity index (χ0) is 24.8. The van der Waals surface area contributed by atoms with E-state index in [1.165, 1.54) is 24.1 Å². The second-order valence-electron chi connectivity index (χ2n) is 8.90. The second-order valence-corrected chi connectivity index (χ2v) is 10.9. The Morgan fingerprint density at radius 1 is 0.909 bits per heavy atom. The fourth-order valence-corrected chi connectivity index (χ4v) is 4.30. The molecule has 0 saturated carbocycles. The number of carbonyl (C=O) groups excluding carboxylic acids is 2. The fraction of sp³-hybridized carbons (Fsp3) is 0.440. The van der Waals surface area contributed by atoms with Crippen molar-refractivity contribution in [3.8, 4) is 0 Å². The maximum absolute atomic E-state index is 13.3. The lowest BCUT2D eigenvalue weighted by Crippen LogP contribution is -2.51. The number of rotatable bonds is 10. The number of hydrogen-bond acceptors (Lipinski definition) is 4. The Hall–Kier alpha value is -2.71. The molecule has 8 heteroatoms. The van der Waals surface area contributed by atoms with Crippen LogP contribution >= 0.6 is 0 Å². The summed E-state index contributed by atoms with van der Waals surface area (Å²) in [6.07, 6.45) is 0. The topological polar surface area (TPSA) is 86.8 Å². The Kier molecular flexibility index (Phi) is 9.19. The Bertz CT molecular complexity index is 1050. The van der Waals surface area contributed by atoms with Gasteiger partial charge in [-0.2, -0.15) is 4.31 Å². The van der Waals surface area contributed by atoms with E-state index in [0.717, 1.165) is 21.0 Å². The molecule has 1 unspecified atom stereocenters. The number of sulfonamides is 1. The highest BCUT2D eigenvalue weighted by molar-refractivity contribution is 7.89. The molecule has 2 rings (SSSR count). The third-order valence-electron chi connectivity index (χ3n) is 5.41. The first-order valence-electron chi connectivity index (χ1n) is 11.1. The lowest BCUT2D eigenvalue weighted by atomic mass is 10.1. The van der Waals surface area contributed by atoms with Crippen LogP contribution in [0.2, 0.25) is 0 Å². The maximum atomic E-state index is 13.3. The number of carbonyl (C=O) groups is 2. The minimum absolute atomic E-state index is 0.121. The van der Waals surface area contributed by atoms with Gasteiger partial charge in [-0.15, -0.1) is 0 Å². The average molecular weight is 474 g/mol. The van der Waals surface area contributed by atoms with Crippen molar-refractivity contribution in [2.45, 2.75) is 52.1 Å². The predicted octanol–water partition coefficient (Wildman–Crippen LogP) is 3.11. The molecule has 2 aromatic carbocycles. The largest absolute Gasteiger partial charge is 0.354 e. The van der Waals surface area contributed by atoms with E-state index < -0.39 is 22.0 Å². The lowest BCUT2D eigenvalue weighted by Gasteiger charge is -2.30. The Morgan fingerprint density at radius 3 is 1.94 bits per heavy atom. The first kappa shape index (κ1) is 26.5. The maximum Gasteiger partial charge on any atom is 0.243 e. The molecule has 0 heterocycles. The van der Waals surface area contributed by atoms with Crippen molar-refractivity contribution >= 4 is 21.8 Å². The number of hydrogen-bond donors (Lipinski definition) is 1. The summed E-state index contributed by atoms with van der Waals surface area (Å²) in [6, 6.07) is 13.4. The molecule has 180 valence electrons. The third-order valence-corrected chi connectivity index (χ3v) is 7.23. The van der Waals surface area contributed by atoms with E-state index in [-0.39, 0.29) is 29.8 Å². The molecule has 2 amide bonds. The SMILES string of the molecule is Cc1ccc(CN(C(=O)CN(C)S(=O)(=O)c2ccc(C)cc2)C(C)C(=O)NCC(C)C)cc1. The molecule has 0 aliphatic carbocycles. The van der Waals surface area contributed by atoms with E-state index in [9.17, 15) is 18.0 Å². The van der Waals surface area contributed by atoms with Crippen LogP contribution in [0.25, 0.3) is 0 Å². The third kappa shape index (κ3) is 7.40. The van der Waals surface area contributed by atoms with Crippen molar-refractivity contribution in [2.75, 3.05) is 20.1 Å². The number of benzene rings is 2. The van der Waals surface area contributed by atoms with Gasteiger partial charge in [-0.05, 0) is 44.4 Å². The van der Waals surface area contributed by atoms with E-state index in [4.69, 9.17) is 0 Å². The normalized spacial score (nSPS) is 12.6. The smallest absolute Gasteiger partial charge is 0.243 e. The minimum Gasteiger partial charge on any atom is -0.354 e. The summed E-state index contributed by atoms with van der Waals surface area (Å²) in [6.45, 7) is 9.82. The summed E-state index contributed by atoms with van der Waals surface area (Å²) in [4.78, 5) is 27.6. The van der Waals surface area contributed by atoms with Gasteiger partial charge in [0.15, 0.2) is 0 Å². The van der Waals surface area contributed by atoms with E-state index in [2.05, 4.69) is 5.32 Å². The summed E-state index contributed by atoms with van der Waals surface area (Å²) in [5.41, 5.74) is 2.89. The Labute approximate surface area is 197 Å². The van der Waals surface area contributed by atoms with Crippen LogP contribution < -0.4 is 5.32 Å². The predicted molar refractivity (Wildman–Crippen MR) is 130 cm³/mol. The first-order valence-corrected chi connectivity index (χ1v) is 12.5. The minimum atomic E-state index is -3.84. The van der Waals surface area contributed by atoms with Gasteiger partial charge in [0, 0.05) is 20.1 Å². The van der Waals surface area contributed by atoms with Gasteiger partial charge in [-0.25, -0.2) is 8.42 Å². The highest BCUT2D eigenvalue weighted by atomic mass is 32.2. The van der Waals surface area contributed by atoms with Crippen LogP contribution in [-0.2, 0) is 26.2 Å². The van der Waals surface area contributed by atoms with Crippen LogP contribution in [0, 0.1) is 19.8 Å². The Balaban J connectivity index is 2.24. The summed E-state index contributed by atoms with van der Waals surface area (Å²) < 4.78 is 26.9. The molecule has 1 atom stereocenters. The zero-order valence-corrected chi connectivity index (χ0v) is 21.1. The van der Waals surface area contributed by atoms with Gasteiger partial charge in [0.2, 0.25) is 21.8 Å². The molecule has 0 fully saturated rings. The van der Waals surface area contributed by atoms with Crippen LogP contribution in [0.5, 0.6) is 0 Å². The highest BCUT2D eigenvalue weighted by Gasteiger charge is 2.30. The second kappa shape index (κ2) is 11.4. The number of likely N-dealkylation sites (N-methyl/N-ethyl adjacent to an activating group) is 1. The van der Waals surface area contributed by atoms with Gasteiger partial charge >= 0.3 is 0 Å². The van der Waals surface area contributed by atoms with Crippen LogP contribution in [0.1, 0.15) is 37.5 Å². The molecule has 0 saturated heterocycles. The first-order chi connectivity index (χ1) is 15.4. The number of amides is 2. The molecule has 7 nitrogen and oxygen atoms in total. The summed E-state index contributed by atoms with van der Waals surface area (Å²) >= 11 is 0. The summed E-state index contributed by atoms with van der Waals surface area (Å²) in [5, 5.41) is 2.86. The molecule has 0 bridgehead atoms. The van der Waals surface area contributed by atoms with Crippen LogP contribution in [0.15, 0.2) is 53.4 Å². The van der Waals surface area contributed by atoms with Gasteiger partial charge in [0.1, 0.15) is 6.04 Å². The van der Waals surface area contributed by atoms with Crippen molar-refractivity contribution in [3.63, 3.8) is 0 Å². The number of nitrogens with zero attached hydrogens (tertiary/aromatic N) is 2. The summed E-state index contributed by atoms with van der Waals surface area (Å²) in [5.74, 6) is -0.442. The van der Waals surface area contributed by atoms with Crippen molar-refractivity contribution in [2.24, 2.45) is 5.92 Å². The van der Waals surface area contributed by atoms with Gasteiger partial charge in [0.25, 0.3) is 0 Å². The molecule has 1 N–H and O–H groups in total. The van der Waals surface area contributed by atoms with Crippen LogP contribution in [0.3, 0.4) is 0 Å². The van der Waals surface area contributed by atoms with Gasteiger partial charge in [-0.3, -0.25) is 9.59 Å². The molecule has 0 aliphatic rings. The van der Waals surface area contributed by atoms with Crippen molar-refractivity contribution < 1.29 is 18.0 Å². The zero-order valence-electron chi connectivity index (χ0n) is 20.3. The lowest BCUT2D eigenvalue weighted by molar-refractivity contribution is -0.140. The van der Waals surface area contributed by atoms with Gasteiger partial charge < -0.3 is 10.2 Å². The number of aryl methyl sites for hydroxylation is 2. The van der Waals surface area contributed by atoms with E-state index in [1.807, 2.05) is 52.0 Å². The molecule has 0 radical (unpaired) electrons. The molecule has 0 aromatic heterocycles. The molecular weight excluding hydrogens is 438 g/mol. The molecule has 2 aromatic rings. The Morgan fingerprint density at radius 2 is 1.42 bits per heavy atom. The monoisotopic (exact) mass is 473 g/mol. The van der Waals surface area contributed by atoms with Crippen LogP contribution in [0.4, 0.5) is 0 Å². The molecule has 0 aliphatic heterocycles. The van der Waals surface area contributed by atoms with Crippen molar-refractivity contribution in [1.29, 1.82) is 0 Å². The van der Waals surface area contributed by atoms with Gasteiger partial charge in [-0.1, -0.05) is 61.4 Å². The fourth-order valence-electron chi connectivity index (χ4n) is 3.18. The average Bonchev–Trinajstić information content (AvgIpc) is 2.76. The van der Waals surface area contributed by atoms with E-state index in [1.54, 1.807) is 19.1 Å². The van der Waals surface area contributed by atoms with E-state index >= 15 is 0 Å². The molecule has 33 heavy (non-hydrogen) atoms. The van der Waals surface area contributed by atoms with Crippen molar-refractivity contribution in [1.82, 2.24) is 14.5 Å². The highest BCUT2D eigenvalue weighted by Crippen LogP contribution is 2.17. The molecule has 0 spiro atoms. The quantitative estimate of drug-likeness (QED) is 0.574. The number of nitrogens with one attached hydrogen (secondary N) is 1. The van der Waals surface area contributed by atoms with Crippen molar-refractivity contribution in [3.05, 3.63) is 65.2 Å².